The number of carbonyl (C=O) groups excluding carboxylic acids is 2. The predicted molar refractivity (Wildman–Crippen MR) is 78.2 cm³/mol. The average molecular weight is 287 g/mol. The summed E-state index contributed by atoms with van der Waals surface area (Å²) in [7, 11) is 0. The Balaban J connectivity index is 1.83. The molecule has 20 heavy (non-hydrogen) atoms. The lowest BCUT2D eigenvalue weighted by Crippen LogP contribution is -2.29. The second kappa shape index (κ2) is 5.05. The maximum Gasteiger partial charge on any atom is 0.277 e. The third-order valence-electron chi connectivity index (χ3n) is 3.14. The molecule has 0 unspecified atom stereocenters. The number of aromatic nitrogens is 1. The summed E-state index contributed by atoms with van der Waals surface area (Å²) in [4.78, 5) is 29.3. The number of hydrogen-bond donors (Lipinski definition) is 1. The van der Waals surface area contributed by atoms with Gasteiger partial charge in [0.05, 0.1) is 0 Å². The maximum atomic E-state index is 12.5. The second-order valence-electron chi connectivity index (χ2n) is 4.55. The number of carbonyl (C=O) groups is 2. The van der Waals surface area contributed by atoms with Crippen LogP contribution in [-0.4, -0.2) is 23.3 Å². The Morgan fingerprint density at radius 2 is 2.15 bits per heavy atom. The highest BCUT2D eigenvalue weighted by Crippen LogP contribution is 2.29. The Morgan fingerprint density at radius 1 is 1.35 bits per heavy atom. The summed E-state index contributed by atoms with van der Waals surface area (Å²) >= 11 is 1.26. The van der Waals surface area contributed by atoms with E-state index in [4.69, 9.17) is 0 Å². The van der Waals surface area contributed by atoms with E-state index >= 15 is 0 Å². The van der Waals surface area contributed by atoms with Crippen LogP contribution in [0.3, 0.4) is 0 Å². The van der Waals surface area contributed by atoms with Gasteiger partial charge in [-0.25, -0.2) is 4.98 Å². The number of rotatable bonds is 2. The number of anilines is 2. The molecule has 102 valence electrons. The first kappa shape index (κ1) is 12.8. The number of para-hydroxylation sites is 1. The van der Waals surface area contributed by atoms with Gasteiger partial charge in [0, 0.05) is 24.5 Å². The number of fused-ring (bicyclic) bond motifs is 1. The second-order valence-corrected chi connectivity index (χ2v) is 5.41. The molecule has 6 heteroatoms. The van der Waals surface area contributed by atoms with Gasteiger partial charge in [0.15, 0.2) is 5.13 Å². The normalized spacial score (nSPS) is 13.2. The third-order valence-corrected chi connectivity index (χ3v) is 3.90. The van der Waals surface area contributed by atoms with Crippen molar-refractivity contribution in [3.8, 4) is 0 Å². The van der Waals surface area contributed by atoms with Crippen LogP contribution in [0.25, 0.3) is 0 Å². The molecular weight excluding hydrogens is 274 g/mol. The Labute approximate surface area is 120 Å². The van der Waals surface area contributed by atoms with Crippen molar-refractivity contribution in [3.63, 3.8) is 0 Å². The molecule has 0 radical (unpaired) electrons. The molecule has 2 amide bonds. The average Bonchev–Trinajstić information content (AvgIpc) is 3.03. The molecule has 2 heterocycles. The summed E-state index contributed by atoms with van der Waals surface area (Å²) in [5.74, 6) is -0.312. The van der Waals surface area contributed by atoms with E-state index in [0.717, 1.165) is 12.1 Å². The molecule has 1 aromatic heterocycles. The van der Waals surface area contributed by atoms with Crippen molar-refractivity contribution in [3.05, 3.63) is 40.9 Å². The molecule has 5 nitrogen and oxygen atoms in total. The van der Waals surface area contributed by atoms with Crippen LogP contribution in [0.1, 0.15) is 23.0 Å². The number of nitrogens with zero attached hydrogens (tertiary/aromatic N) is 2. The van der Waals surface area contributed by atoms with E-state index in [0.29, 0.717) is 17.4 Å². The Morgan fingerprint density at radius 3 is 2.95 bits per heavy atom. The lowest BCUT2D eigenvalue weighted by atomic mass is 10.2. The standard InChI is InChI=1S/C14H13N3O2S/c1-9(18)15-14-16-11(8-20-14)13(19)17-7-6-10-4-2-3-5-12(10)17/h2-5,8H,6-7H2,1H3,(H,15,16,18). The van der Waals surface area contributed by atoms with E-state index in [-0.39, 0.29) is 11.8 Å². The van der Waals surface area contributed by atoms with Gasteiger partial charge in [-0.3, -0.25) is 9.59 Å². The molecule has 0 bridgehead atoms. The summed E-state index contributed by atoms with van der Waals surface area (Å²) in [6.07, 6.45) is 0.866. The number of thiazole rings is 1. The number of amides is 2. The highest BCUT2D eigenvalue weighted by molar-refractivity contribution is 7.14. The Kier molecular flexibility index (Phi) is 3.23. The maximum absolute atomic E-state index is 12.5. The molecular formula is C14H13N3O2S. The van der Waals surface area contributed by atoms with Gasteiger partial charge in [-0.1, -0.05) is 18.2 Å². The molecule has 1 aliphatic heterocycles. The highest BCUT2D eigenvalue weighted by atomic mass is 32.1. The van der Waals surface area contributed by atoms with E-state index in [1.165, 1.54) is 23.8 Å². The molecule has 1 aliphatic rings. The summed E-state index contributed by atoms with van der Waals surface area (Å²) in [6, 6.07) is 7.88. The first-order valence-electron chi connectivity index (χ1n) is 6.28. The minimum Gasteiger partial charge on any atom is -0.306 e. The van der Waals surface area contributed by atoms with Gasteiger partial charge in [-0.15, -0.1) is 11.3 Å². The van der Waals surface area contributed by atoms with E-state index in [9.17, 15) is 9.59 Å². The molecule has 0 spiro atoms. The minimum absolute atomic E-state index is 0.122. The summed E-state index contributed by atoms with van der Waals surface area (Å²) in [5.41, 5.74) is 2.50. The van der Waals surface area contributed by atoms with Gasteiger partial charge in [0.25, 0.3) is 5.91 Å². The zero-order valence-electron chi connectivity index (χ0n) is 10.9. The molecule has 0 saturated carbocycles. The molecule has 1 aromatic carbocycles. The Bertz CT molecular complexity index is 681. The summed E-state index contributed by atoms with van der Waals surface area (Å²) in [5, 5.41) is 4.71. The molecule has 2 aromatic rings. The number of nitrogens with one attached hydrogen (secondary N) is 1. The van der Waals surface area contributed by atoms with Crippen molar-refractivity contribution in [2.75, 3.05) is 16.8 Å². The minimum atomic E-state index is -0.190. The monoisotopic (exact) mass is 287 g/mol. The lowest BCUT2D eigenvalue weighted by Gasteiger charge is -2.15. The van der Waals surface area contributed by atoms with E-state index < -0.39 is 0 Å². The van der Waals surface area contributed by atoms with E-state index in [1.54, 1.807) is 10.3 Å². The molecule has 0 aliphatic carbocycles. The third kappa shape index (κ3) is 2.30. The quantitative estimate of drug-likeness (QED) is 0.922. The van der Waals surface area contributed by atoms with Crippen molar-refractivity contribution in [1.82, 2.24) is 4.98 Å². The van der Waals surface area contributed by atoms with Gasteiger partial charge >= 0.3 is 0 Å². The van der Waals surface area contributed by atoms with Gasteiger partial charge in [0.1, 0.15) is 5.69 Å². The van der Waals surface area contributed by atoms with Crippen molar-refractivity contribution in [1.29, 1.82) is 0 Å². The van der Waals surface area contributed by atoms with E-state index in [1.807, 2.05) is 24.3 Å². The van der Waals surface area contributed by atoms with Gasteiger partial charge in [-0.05, 0) is 18.1 Å². The van der Waals surface area contributed by atoms with Crippen molar-refractivity contribution in [2.45, 2.75) is 13.3 Å². The largest absolute Gasteiger partial charge is 0.306 e. The fourth-order valence-electron chi connectivity index (χ4n) is 2.27. The van der Waals surface area contributed by atoms with Crippen LogP contribution in [0.15, 0.2) is 29.6 Å². The van der Waals surface area contributed by atoms with Crippen LogP contribution in [0.5, 0.6) is 0 Å². The van der Waals surface area contributed by atoms with Crippen molar-refractivity contribution >= 4 is 34.0 Å². The highest BCUT2D eigenvalue weighted by Gasteiger charge is 2.26. The van der Waals surface area contributed by atoms with Crippen molar-refractivity contribution < 1.29 is 9.59 Å². The predicted octanol–water partition coefficient (Wildman–Crippen LogP) is 2.30. The van der Waals surface area contributed by atoms with Crippen LogP contribution < -0.4 is 10.2 Å². The van der Waals surface area contributed by atoms with Crippen LogP contribution >= 0.6 is 11.3 Å². The van der Waals surface area contributed by atoms with Gasteiger partial charge < -0.3 is 10.2 Å². The summed E-state index contributed by atoms with van der Waals surface area (Å²) < 4.78 is 0. The lowest BCUT2D eigenvalue weighted by molar-refractivity contribution is -0.114. The smallest absolute Gasteiger partial charge is 0.277 e. The zero-order valence-corrected chi connectivity index (χ0v) is 11.7. The topological polar surface area (TPSA) is 62.3 Å². The molecule has 0 saturated heterocycles. The van der Waals surface area contributed by atoms with E-state index in [2.05, 4.69) is 10.3 Å². The first-order chi connectivity index (χ1) is 9.65. The van der Waals surface area contributed by atoms with Crippen LogP contribution in [0, 0.1) is 0 Å². The fourth-order valence-corrected chi connectivity index (χ4v) is 3.00. The fraction of sp³-hybridized carbons (Fsp3) is 0.214. The molecule has 3 rings (SSSR count). The van der Waals surface area contributed by atoms with Crippen LogP contribution in [-0.2, 0) is 11.2 Å². The first-order valence-corrected chi connectivity index (χ1v) is 7.16. The van der Waals surface area contributed by atoms with Crippen LogP contribution in [0.2, 0.25) is 0 Å². The SMILES string of the molecule is CC(=O)Nc1nc(C(=O)N2CCc3ccccc32)cs1. The molecule has 0 atom stereocenters. The number of benzene rings is 1. The Hall–Kier alpha value is -2.21. The van der Waals surface area contributed by atoms with Gasteiger partial charge in [0.2, 0.25) is 5.91 Å². The summed E-state index contributed by atoms with van der Waals surface area (Å²) in [6.45, 7) is 2.09. The van der Waals surface area contributed by atoms with Crippen molar-refractivity contribution in [2.24, 2.45) is 0 Å². The zero-order chi connectivity index (χ0) is 14.1. The van der Waals surface area contributed by atoms with Gasteiger partial charge in [-0.2, -0.15) is 0 Å². The molecule has 1 N–H and O–H groups in total. The molecule has 0 fully saturated rings. The number of hydrogen-bond acceptors (Lipinski definition) is 4. The van der Waals surface area contributed by atoms with Crippen LogP contribution in [0.4, 0.5) is 10.8 Å².